The first-order valence-electron chi connectivity index (χ1n) is 6.56. The van der Waals surface area contributed by atoms with Gasteiger partial charge in [0, 0.05) is 23.2 Å². The molecule has 1 amide bonds. The van der Waals surface area contributed by atoms with Crippen LogP contribution in [-0.2, 0) is 4.79 Å². The first-order chi connectivity index (χ1) is 10.7. The van der Waals surface area contributed by atoms with Crippen molar-refractivity contribution in [2.75, 3.05) is 18.3 Å². The summed E-state index contributed by atoms with van der Waals surface area (Å²) in [6.07, 6.45) is 0.230. The van der Waals surface area contributed by atoms with Crippen LogP contribution in [0.4, 0.5) is 5.95 Å². The van der Waals surface area contributed by atoms with E-state index in [1.165, 1.54) is 11.3 Å². The average molecular weight is 337 g/mol. The van der Waals surface area contributed by atoms with Crippen LogP contribution >= 0.6 is 22.9 Å². The van der Waals surface area contributed by atoms with Gasteiger partial charge in [0.25, 0.3) is 0 Å². The Morgan fingerprint density at radius 1 is 1.45 bits per heavy atom. The lowest BCUT2D eigenvalue weighted by molar-refractivity contribution is -0.115. The van der Waals surface area contributed by atoms with Gasteiger partial charge in [-0.25, -0.2) is 4.52 Å². The fourth-order valence-corrected chi connectivity index (χ4v) is 3.04. The summed E-state index contributed by atoms with van der Waals surface area (Å²) < 4.78 is 7.07. The maximum atomic E-state index is 11.6. The van der Waals surface area contributed by atoms with Gasteiger partial charge in [0.2, 0.25) is 16.8 Å². The molecule has 0 atom stereocenters. The van der Waals surface area contributed by atoms with Crippen molar-refractivity contribution in [3.63, 3.8) is 0 Å². The molecule has 1 aromatic carbocycles. The van der Waals surface area contributed by atoms with Crippen molar-refractivity contribution in [1.82, 2.24) is 14.6 Å². The molecule has 0 fully saturated rings. The number of alkyl halides is 1. The average Bonchev–Trinajstić information content (AvgIpc) is 3.07. The molecule has 0 radical (unpaired) electrons. The number of rotatable bonds is 5. The molecule has 6 nitrogen and oxygen atoms in total. The number of para-hydroxylation sites is 1. The summed E-state index contributed by atoms with van der Waals surface area (Å²) in [4.78, 5) is 16.6. The van der Waals surface area contributed by atoms with Gasteiger partial charge in [-0.1, -0.05) is 12.1 Å². The van der Waals surface area contributed by atoms with Crippen molar-refractivity contribution in [3.8, 4) is 17.0 Å². The second-order valence-corrected chi connectivity index (χ2v) is 5.65. The maximum absolute atomic E-state index is 11.6. The molecule has 1 N–H and O–H groups in total. The van der Waals surface area contributed by atoms with Gasteiger partial charge in [-0.15, -0.1) is 28.0 Å². The van der Waals surface area contributed by atoms with Crippen LogP contribution < -0.4 is 10.1 Å². The molecule has 3 aromatic rings. The van der Waals surface area contributed by atoms with E-state index in [0.29, 0.717) is 4.96 Å². The summed E-state index contributed by atoms with van der Waals surface area (Å²) in [6, 6.07) is 7.68. The first-order valence-corrected chi connectivity index (χ1v) is 7.98. The highest BCUT2D eigenvalue weighted by Crippen LogP contribution is 2.32. The Labute approximate surface area is 135 Å². The number of hydrogen-bond donors (Lipinski definition) is 1. The van der Waals surface area contributed by atoms with E-state index in [0.717, 1.165) is 17.0 Å². The van der Waals surface area contributed by atoms with Crippen LogP contribution in [0, 0.1) is 0 Å². The van der Waals surface area contributed by atoms with E-state index < -0.39 is 0 Å². The fourth-order valence-electron chi connectivity index (χ4n) is 2.05. The molecule has 0 aliphatic heterocycles. The quantitative estimate of drug-likeness (QED) is 0.727. The molecule has 0 bridgehead atoms. The van der Waals surface area contributed by atoms with Gasteiger partial charge in [-0.2, -0.15) is 4.98 Å². The molecule has 0 spiro atoms. The lowest BCUT2D eigenvalue weighted by Crippen LogP contribution is -2.12. The van der Waals surface area contributed by atoms with E-state index in [1.54, 1.807) is 11.6 Å². The number of nitrogens with zero attached hydrogens (tertiary/aromatic N) is 3. The normalized spacial score (nSPS) is 10.8. The van der Waals surface area contributed by atoms with E-state index in [4.69, 9.17) is 16.3 Å². The molecular formula is C14H13ClN4O2S. The number of halogens is 1. The number of nitrogens with one attached hydrogen (secondary N) is 1. The van der Waals surface area contributed by atoms with E-state index in [2.05, 4.69) is 15.4 Å². The Morgan fingerprint density at radius 2 is 2.27 bits per heavy atom. The molecule has 0 aliphatic carbocycles. The predicted octanol–water partition coefficient (Wildman–Crippen LogP) is 3.03. The molecule has 2 aromatic heterocycles. The van der Waals surface area contributed by atoms with Crippen molar-refractivity contribution >= 4 is 39.8 Å². The zero-order chi connectivity index (χ0) is 15.5. The minimum Gasteiger partial charge on any atom is -0.496 e. The van der Waals surface area contributed by atoms with Crippen LogP contribution in [0.2, 0.25) is 0 Å². The second kappa shape index (κ2) is 6.33. The number of carbonyl (C=O) groups excluding carboxylic acids is 1. The third-order valence-corrected chi connectivity index (χ3v) is 4.04. The second-order valence-electron chi connectivity index (χ2n) is 4.44. The van der Waals surface area contributed by atoms with Gasteiger partial charge >= 0.3 is 0 Å². The summed E-state index contributed by atoms with van der Waals surface area (Å²) in [6.45, 7) is 0. The summed E-state index contributed by atoms with van der Waals surface area (Å²) >= 11 is 6.99. The molecule has 8 heteroatoms. The molecule has 22 heavy (non-hydrogen) atoms. The van der Waals surface area contributed by atoms with Crippen molar-refractivity contribution in [2.24, 2.45) is 0 Å². The highest BCUT2D eigenvalue weighted by molar-refractivity contribution is 7.15. The van der Waals surface area contributed by atoms with E-state index in [1.807, 2.05) is 29.6 Å². The highest BCUT2D eigenvalue weighted by atomic mass is 35.5. The van der Waals surface area contributed by atoms with Crippen LogP contribution in [0.5, 0.6) is 5.75 Å². The van der Waals surface area contributed by atoms with Crippen LogP contribution in [0.3, 0.4) is 0 Å². The number of amides is 1. The van der Waals surface area contributed by atoms with Gasteiger partial charge in [-0.3, -0.25) is 10.1 Å². The van der Waals surface area contributed by atoms with Gasteiger partial charge in [0.15, 0.2) is 0 Å². The molecule has 0 unspecified atom stereocenters. The van der Waals surface area contributed by atoms with Gasteiger partial charge in [-0.05, 0) is 12.1 Å². The summed E-state index contributed by atoms with van der Waals surface area (Å²) in [7, 11) is 1.63. The summed E-state index contributed by atoms with van der Waals surface area (Å²) in [5, 5.41) is 8.92. The lowest BCUT2D eigenvalue weighted by atomic mass is 10.1. The third-order valence-electron chi connectivity index (χ3n) is 3.04. The smallest absolute Gasteiger partial charge is 0.250 e. The minimum atomic E-state index is -0.202. The van der Waals surface area contributed by atoms with Crippen LogP contribution in [-0.4, -0.2) is 33.5 Å². The largest absolute Gasteiger partial charge is 0.496 e. The van der Waals surface area contributed by atoms with Crippen molar-refractivity contribution in [2.45, 2.75) is 6.42 Å². The lowest BCUT2D eigenvalue weighted by Gasteiger charge is -2.06. The Balaban J connectivity index is 1.98. The van der Waals surface area contributed by atoms with Crippen molar-refractivity contribution in [1.29, 1.82) is 0 Å². The first kappa shape index (κ1) is 14.8. The molecule has 3 rings (SSSR count). The van der Waals surface area contributed by atoms with Gasteiger partial charge in [0.05, 0.1) is 12.8 Å². The standard InChI is InChI=1S/C14H13ClN4O2S/c1-21-11-5-3-2-4-9(11)10-8-22-14-17-13(18-19(10)14)16-12(20)6-7-15/h2-5,8H,6-7H2,1H3,(H,16,18,20). The Bertz CT molecular complexity index is 814. The summed E-state index contributed by atoms with van der Waals surface area (Å²) in [5.41, 5.74) is 1.78. The number of aromatic nitrogens is 3. The number of ether oxygens (including phenoxy) is 1. The number of anilines is 1. The fraction of sp³-hybridized carbons (Fsp3) is 0.214. The zero-order valence-electron chi connectivity index (χ0n) is 11.7. The van der Waals surface area contributed by atoms with Crippen LogP contribution in [0.25, 0.3) is 16.2 Å². The zero-order valence-corrected chi connectivity index (χ0v) is 13.3. The van der Waals surface area contributed by atoms with Crippen molar-refractivity contribution < 1.29 is 9.53 Å². The molecular weight excluding hydrogens is 324 g/mol. The molecule has 0 aliphatic rings. The monoisotopic (exact) mass is 336 g/mol. The number of thiazole rings is 1. The Morgan fingerprint density at radius 3 is 3.05 bits per heavy atom. The van der Waals surface area contributed by atoms with E-state index in [-0.39, 0.29) is 24.2 Å². The van der Waals surface area contributed by atoms with Crippen LogP contribution in [0.1, 0.15) is 6.42 Å². The number of benzene rings is 1. The number of carbonyl (C=O) groups is 1. The SMILES string of the molecule is COc1ccccc1-c1csc2nc(NC(=O)CCCl)nn12. The Hall–Kier alpha value is -2.12. The number of hydrogen-bond acceptors (Lipinski definition) is 5. The van der Waals surface area contributed by atoms with Gasteiger partial charge < -0.3 is 4.74 Å². The maximum Gasteiger partial charge on any atom is 0.250 e. The molecule has 0 saturated heterocycles. The summed E-state index contributed by atoms with van der Waals surface area (Å²) in [5.74, 6) is 1.09. The number of methoxy groups -OCH3 is 1. The molecule has 114 valence electrons. The topological polar surface area (TPSA) is 68.5 Å². The highest BCUT2D eigenvalue weighted by Gasteiger charge is 2.15. The van der Waals surface area contributed by atoms with Crippen molar-refractivity contribution in [3.05, 3.63) is 29.6 Å². The molecule has 2 heterocycles. The van der Waals surface area contributed by atoms with Gasteiger partial charge in [0.1, 0.15) is 5.75 Å². The minimum absolute atomic E-state index is 0.202. The Kier molecular flexibility index (Phi) is 4.26. The third kappa shape index (κ3) is 2.77. The van der Waals surface area contributed by atoms with E-state index >= 15 is 0 Å². The van der Waals surface area contributed by atoms with E-state index in [9.17, 15) is 4.79 Å². The molecule has 0 saturated carbocycles. The number of fused-ring (bicyclic) bond motifs is 1. The predicted molar refractivity (Wildman–Crippen MR) is 86.8 cm³/mol. The van der Waals surface area contributed by atoms with Crippen LogP contribution in [0.15, 0.2) is 29.6 Å².